The number of aromatic nitrogens is 1. The van der Waals surface area contributed by atoms with E-state index in [1.165, 1.54) is 4.90 Å². The Bertz CT molecular complexity index is 716. The second-order valence-electron chi connectivity index (χ2n) is 5.13. The van der Waals surface area contributed by atoms with Crippen molar-refractivity contribution in [1.82, 2.24) is 4.98 Å². The number of benzene rings is 1. The number of carboxylic acids is 1. The molecule has 0 unspecified atom stereocenters. The summed E-state index contributed by atoms with van der Waals surface area (Å²) in [4.78, 5) is 28.1. The lowest BCUT2D eigenvalue weighted by atomic mass is 10.1. The van der Waals surface area contributed by atoms with Crippen LogP contribution in [0.25, 0.3) is 0 Å². The minimum Gasteiger partial charge on any atom is -0.477 e. The lowest BCUT2D eigenvalue weighted by Crippen LogP contribution is -2.27. The highest BCUT2D eigenvalue weighted by atomic mass is 16.4. The van der Waals surface area contributed by atoms with Gasteiger partial charge in [-0.05, 0) is 44.0 Å². The maximum Gasteiger partial charge on any atom is 0.352 e. The molecule has 0 bridgehead atoms. The monoisotopic (exact) mass is 286 g/mol. The summed E-state index contributed by atoms with van der Waals surface area (Å²) in [5, 5.41) is 9.12. The third kappa shape index (κ3) is 2.67. The van der Waals surface area contributed by atoms with Crippen LogP contribution in [-0.4, -0.2) is 29.0 Å². The quantitative estimate of drug-likeness (QED) is 0.911. The van der Waals surface area contributed by atoms with Crippen LogP contribution in [0, 0.1) is 20.8 Å². The first-order valence-electron chi connectivity index (χ1n) is 6.60. The summed E-state index contributed by atoms with van der Waals surface area (Å²) in [6.07, 6.45) is 0. The highest BCUT2D eigenvalue weighted by Gasteiger charge is 2.24. The number of aromatic carboxylic acids is 1. The Morgan fingerprint density at radius 3 is 2.38 bits per heavy atom. The number of carboxylic acid groups (broad SMARTS) is 1. The van der Waals surface area contributed by atoms with Gasteiger partial charge in [-0.15, -0.1) is 0 Å². The Morgan fingerprint density at radius 2 is 1.86 bits per heavy atom. The molecule has 110 valence electrons. The van der Waals surface area contributed by atoms with E-state index in [2.05, 4.69) is 4.98 Å². The van der Waals surface area contributed by atoms with Gasteiger partial charge in [-0.2, -0.15) is 0 Å². The number of hydrogen-bond donors (Lipinski definition) is 2. The smallest absolute Gasteiger partial charge is 0.352 e. The van der Waals surface area contributed by atoms with E-state index in [0.29, 0.717) is 16.8 Å². The molecule has 0 aliphatic heterocycles. The average Bonchev–Trinajstić information content (AvgIpc) is 2.72. The van der Waals surface area contributed by atoms with Crippen molar-refractivity contribution in [2.24, 2.45) is 0 Å². The molecule has 2 N–H and O–H groups in total. The minimum absolute atomic E-state index is 0.0634. The summed E-state index contributed by atoms with van der Waals surface area (Å²) in [6.45, 7) is 5.30. The van der Waals surface area contributed by atoms with Crippen LogP contribution < -0.4 is 4.90 Å². The van der Waals surface area contributed by atoms with Crippen LogP contribution in [0.5, 0.6) is 0 Å². The van der Waals surface area contributed by atoms with Gasteiger partial charge in [0.05, 0.1) is 5.56 Å². The van der Waals surface area contributed by atoms with Crippen molar-refractivity contribution in [3.63, 3.8) is 0 Å². The molecule has 1 aromatic heterocycles. The molecule has 5 heteroatoms. The third-order valence-electron chi connectivity index (χ3n) is 3.56. The first kappa shape index (κ1) is 14.8. The number of rotatable bonds is 3. The maximum atomic E-state index is 12.6. The van der Waals surface area contributed by atoms with Gasteiger partial charge in [0.2, 0.25) is 0 Å². The Balaban J connectivity index is 2.43. The molecule has 0 radical (unpaired) electrons. The van der Waals surface area contributed by atoms with Crippen LogP contribution in [-0.2, 0) is 0 Å². The first-order chi connectivity index (χ1) is 9.82. The first-order valence-corrected chi connectivity index (χ1v) is 6.60. The Morgan fingerprint density at radius 1 is 1.19 bits per heavy atom. The number of carbonyl (C=O) groups excluding carboxylic acids is 1. The normalized spacial score (nSPS) is 10.5. The Hall–Kier alpha value is -2.56. The van der Waals surface area contributed by atoms with Gasteiger partial charge in [0.1, 0.15) is 5.69 Å². The molecule has 0 saturated carbocycles. The molecule has 2 rings (SSSR count). The van der Waals surface area contributed by atoms with Gasteiger partial charge in [0.15, 0.2) is 0 Å². The van der Waals surface area contributed by atoms with Crippen LogP contribution in [0.2, 0.25) is 0 Å². The lowest BCUT2D eigenvalue weighted by Gasteiger charge is -2.18. The van der Waals surface area contributed by atoms with Crippen molar-refractivity contribution < 1.29 is 14.7 Å². The zero-order valence-corrected chi connectivity index (χ0v) is 12.5. The molecule has 0 saturated heterocycles. The summed E-state index contributed by atoms with van der Waals surface area (Å²) < 4.78 is 0. The number of nitrogens with one attached hydrogen (secondary N) is 1. The lowest BCUT2D eigenvalue weighted by molar-refractivity contribution is 0.0690. The topological polar surface area (TPSA) is 73.4 Å². The van der Waals surface area contributed by atoms with E-state index in [9.17, 15) is 9.59 Å². The van der Waals surface area contributed by atoms with E-state index in [-0.39, 0.29) is 11.6 Å². The molecule has 2 aromatic rings. The SMILES string of the molecule is Cc1cccc(N(C)C(=O)c2c(C)[nH]c(C(=O)O)c2C)c1. The second-order valence-corrected chi connectivity index (χ2v) is 5.13. The predicted molar refractivity (Wildman–Crippen MR) is 81.1 cm³/mol. The fourth-order valence-electron chi connectivity index (χ4n) is 2.41. The number of amides is 1. The fourth-order valence-corrected chi connectivity index (χ4v) is 2.41. The fraction of sp³-hybridized carbons (Fsp3) is 0.250. The van der Waals surface area contributed by atoms with Crippen LogP contribution in [0.3, 0.4) is 0 Å². The van der Waals surface area contributed by atoms with Gasteiger partial charge in [-0.3, -0.25) is 4.79 Å². The van der Waals surface area contributed by atoms with E-state index >= 15 is 0 Å². The summed E-state index contributed by atoms with van der Waals surface area (Å²) in [7, 11) is 1.68. The number of aryl methyl sites for hydroxylation is 2. The Labute approximate surface area is 123 Å². The molecule has 5 nitrogen and oxygen atoms in total. The number of carbonyl (C=O) groups is 2. The van der Waals surface area contributed by atoms with Gasteiger partial charge in [-0.1, -0.05) is 12.1 Å². The maximum absolute atomic E-state index is 12.6. The van der Waals surface area contributed by atoms with Crippen molar-refractivity contribution in [2.45, 2.75) is 20.8 Å². The van der Waals surface area contributed by atoms with Crippen molar-refractivity contribution >= 4 is 17.6 Å². The second kappa shape index (κ2) is 5.44. The number of hydrogen-bond acceptors (Lipinski definition) is 2. The zero-order chi connectivity index (χ0) is 15.7. The molecule has 1 aromatic carbocycles. The molecule has 0 spiro atoms. The summed E-state index contributed by atoms with van der Waals surface area (Å²) in [5.41, 5.74) is 3.33. The highest BCUT2D eigenvalue weighted by Crippen LogP contribution is 2.23. The van der Waals surface area contributed by atoms with Gasteiger partial charge < -0.3 is 15.0 Å². The molecule has 0 fully saturated rings. The Kier molecular flexibility index (Phi) is 3.84. The molecular weight excluding hydrogens is 268 g/mol. The van der Waals surface area contributed by atoms with Crippen molar-refractivity contribution in [2.75, 3.05) is 11.9 Å². The van der Waals surface area contributed by atoms with E-state index in [0.717, 1.165) is 11.3 Å². The molecule has 21 heavy (non-hydrogen) atoms. The highest BCUT2D eigenvalue weighted by molar-refractivity contribution is 6.09. The number of nitrogens with zero attached hydrogens (tertiary/aromatic N) is 1. The van der Waals surface area contributed by atoms with Crippen molar-refractivity contribution in [1.29, 1.82) is 0 Å². The predicted octanol–water partition coefficient (Wildman–Crippen LogP) is 2.91. The van der Waals surface area contributed by atoms with E-state index in [4.69, 9.17) is 5.11 Å². The van der Waals surface area contributed by atoms with Gasteiger partial charge in [-0.25, -0.2) is 4.79 Å². The molecule has 0 aliphatic carbocycles. The van der Waals surface area contributed by atoms with Crippen LogP contribution in [0.4, 0.5) is 5.69 Å². The molecule has 1 heterocycles. The summed E-state index contributed by atoms with van der Waals surface area (Å²) in [6, 6.07) is 7.60. The summed E-state index contributed by atoms with van der Waals surface area (Å²) >= 11 is 0. The molecule has 0 atom stereocenters. The molecular formula is C16H18N2O3. The zero-order valence-electron chi connectivity index (χ0n) is 12.5. The van der Waals surface area contributed by atoms with Crippen LogP contribution in [0.1, 0.15) is 37.7 Å². The molecule has 1 amide bonds. The number of H-pyrrole nitrogens is 1. The van der Waals surface area contributed by atoms with Gasteiger partial charge >= 0.3 is 5.97 Å². The number of aromatic amines is 1. The summed E-state index contributed by atoms with van der Waals surface area (Å²) in [5.74, 6) is -1.28. The minimum atomic E-state index is -1.06. The van der Waals surface area contributed by atoms with Gasteiger partial charge in [0, 0.05) is 18.4 Å². The van der Waals surface area contributed by atoms with Crippen molar-refractivity contribution in [3.8, 4) is 0 Å². The largest absolute Gasteiger partial charge is 0.477 e. The van der Waals surface area contributed by atoms with Crippen LogP contribution >= 0.6 is 0 Å². The van der Waals surface area contributed by atoms with Crippen molar-refractivity contribution in [3.05, 3.63) is 52.3 Å². The van der Waals surface area contributed by atoms with E-state index < -0.39 is 5.97 Å². The van der Waals surface area contributed by atoms with E-state index in [1.807, 2.05) is 31.2 Å². The average molecular weight is 286 g/mol. The third-order valence-corrected chi connectivity index (χ3v) is 3.56. The molecule has 0 aliphatic rings. The van der Waals surface area contributed by atoms with Gasteiger partial charge in [0.25, 0.3) is 5.91 Å². The number of anilines is 1. The van der Waals surface area contributed by atoms with E-state index in [1.54, 1.807) is 20.9 Å². The standard InChI is InChI=1S/C16H18N2O3/c1-9-6-5-7-12(8-9)18(4)15(19)13-10(2)14(16(20)21)17-11(13)3/h5-8,17H,1-4H3,(H,20,21). The van der Waals surface area contributed by atoms with Crippen LogP contribution in [0.15, 0.2) is 24.3 Å².